The molecule has 1 aromatic heterocycles. The third kappa shape index (κ3) is 7.21. The van der Waals surface area contributed by atoms with Crippen LogP contribution in [0, 0.1) is 5.41 Å². The highest BCUT2D eigenvalue weighted by molar-refractivity contribution is 5.87. The summed E-state index contributed by atoms with van der Waals surface area (Å²) in [6.45, 7) is 10.9. The molecular weight excluding hydrogens is 406 g/mol. The van der Waals surface area contributed by atoms with E-state index in [2.05, 4.69) is 4.90 Å². The minimum Gasteiger partial charge on any atom is -0.467 e. The molecule has 0 bridgehead atoms. The van der Waals surface area contributed by atoms with Gasteiger partial charge in [-0.15, -0.1) is 0 Å². The van der Waals surface area contributed by atoms with Gasteiger partial charge in [0.1, 0.15) is 5.76 Å². The Hall–Kier alpha value is -2.64. The summed E-state index contributed by atoms with van der Waals surface area (Å²) in [6, 6.07) is 13.6. The van der Waals surface area contributed by atoms with Crippen molar-refractivity contribution in [2.24, 2.45) is 5.41 Å². The topological polar surface area (TPSA) is 66.2 Å². The van der Waals surface area contributed by atoms with Crippen LogP contribution in [-0.2, 0) is 27.4 Å². The molecule has 1 fully saturated rings. The summed E-state index contributed by atoms with van der Waals surface area (Å²) in [5, 5.41) is 0. The van der Waals surface area contributed by atoms with Crippen molar-refractivity contribution in [1.29, 1.82) is 0 Å². The van der Waals surface area contributed by atoms with Crippen LogP contribution < -0.4 is 0 Å². The van der Waals surface area contributed by atoms with E-state index in [1.165, 1.54) is 0 Å². The lowest BCUT2D eigenvalue weighted by Crippen LogP contribution is -2.49. The first kappa shape index (κ1) is 24.0. The molecule has 0 atom stereocenters. The Morgan fingerprint density at radius 3 is 2.31 bits per heavy atom. The molecule has 3 rings (SSSR count). The van der Waals surface area contributed by atoms with Gasteiger partial charge in [-0.05, 0) is 17.7 Å². The maximum absolute atomic E-state index is 13.4. The van der Waals surface area contributed by atoms with Crippen molar-refractivity contribution in [3.63, 3.8) is 0 Å². The number of morpholine rings is 1. The largest absolute Gasteiger partial charge is 0.467 e. The van der Waals surface area contributed by atoms with E-state index in [4.69, 9.17) is 9.15 Å². The lowest BCUT2D eigenvalue weighted by atomic mass is 9.94. The van der Waals surface area contributed by atoms with E-state index < -0.39 is 5.41 Å². The number of carbonyl (C=O) groups excluding carboxylic acids is 2. The van der Waals surface area contributed by atoms with Crippen LogP contribution in [0.4, 0.5) is 0 Å². The molecule has 0 N–H and O–H groups in total. The first-order valence-electron chi connectivity index (χ1n) is 11.3. The van der Waals surface area contributed by atoms with Crippen LogP contribution in [0.5, 0.6) is 0 Å². The average Bonchev–Trinajstić information content (AvgIpc) is 3.29. The summed E-state index contributed by atoms with van der Waals surface area (Å²) >= 11 is 0. The number of hydrogen-bond acceptors (Lipinski definition) is 5. The van der Waals surface area contributed by atoms with Crippen LogP contribution in [0.15, 0.2) is 53.1 Å². The number of rotatable bonds is 9. The fraction of sp³-hybridized carbons (Fsp3) is 0.520. The van der Waals surface area contributed by atoms with Crippen molar-refractivity contribution < 1.29 is 18.7 Å². The van der Waals surface area contributed by atoms with E-state index in [0.717, 1.165) is 31.0 Å². The zero-order chi connectivity index (χ0) is 23.0. The number of ether oxygens (including phenoxy) is 1. The van der Waals surface area contributed by atoms with Crippen LogP contribution in [0.2, 0.25) is 0 Å². The standard InChI is InChI=1S/C25H35N3O4/c1-25(2,3)24(30)27(12-11-26-13-16-31-17-14-26)20-23(29)28(19-22-10-7-15-32-22)18-21-8-5-4-6-9-21/h4-10,15H,11-14,16-20H2,1-3H3. The smallest absolute Gasteiger partial charge is 0.242 e. The molecular formula is C25H35N3O4. The molecule has 7 heteroatoms. The predicted octanol–water partition coefficient (Wildman–Crippen LogP) is 3.02. The van der Waals surface area contributed by atoms with Crippen molar-refractivity contribution in [2.45, 2.75) is 33.9 Å². The maximum Gasteiger partial charge on any atom is 0.242 e. The number of carbonyl (C=O) groups is 2. The van der Waals surface area contributed by atoms with Gasteiger partial charge in [-0.1, -0.05) is 51.1 Å². The van der Waals surface area contributed by atoms with Crippen molar-refractivity contribution in [3.05, 3.63) is 60.1 Å². The van der Waals surface area contributed by atoms with Crippen LogP contribution in [0.25, 0.3) is 0 Å². The third-order valence-electron chi connectivity index (χ3n) is 5.54. The zero-order valence-electron chi connectivity index (χ0n) is 19.5. The van der Waals surface area contributed by atoms with Gasteiger partial charge in [0.05, 0.1) is 32.6 Å². The number of benzene rings is 1. The molecule has 0 spiro atoms. The van der Waals surface area contributed by atoms with Crippen LogP contribution in [-0.4, -0.2) is 72.5 Å². The zero-order valence-corrected chi connectivity index (χ0v) is 19.5. The summed E-state index contributed by atoms with van der Waals surface area (Å²) in [5.74, 6) is 0.609. The van der Waals surface area contributed by atoms with Gasteiger partial charge >= 0.3 is 0 Å². The highest BCUT2D eigenvalue weighted by atomic mass is 16.5. The normalized spacial score (nSPS) is 14.8. The Morgan fingerprint density at radius 1 is 0.969 bits per heavy atom. The second-order valence-electron chi connectivity index (χ2n) is 9.25. The van der Waals surface area contributed by atoms with Gasteiger partial charge in [0.15, 0.2) is 0 Å². The summed E-state index contributed by atoms with van der Waals surface area (Å²) < 4.78 is 10.9. The molecule has 2 heterocycles. The molecule has 1 aliphatic heterocycles. The number of furan rings is 1. The molecule has 0 aliphatic carbocycles. The molecule has 2 aromatic rings. The molecule has 0 radical (unpaired) electrons. The molecule has 1 aliphatic rings. The molecule has 1 saturated heterocycles. The van der Waals surface area contributed by atoms with Gasteiger partial charge < -0.3 is 19.0 Å². The summed E-state index contributed by atoms with van der Waals surface area (Å²) in [4.78, 5) is 32.3. The predicted molar refractivity (Wildman–Crippen MR) is 123 cm³/mol. The number of nitrogens with zero attached hydrogens (tertiary/aromatic N) is 3. The molecule has 174 valence electrons. The average molecular weight is 442 g/mol. The SMILES string of the molecule is CC(C)(C)C(=O)N(CCN1CCOCC1)CC(=O)N(Cc1ccccc1)Cc1ccco1. The van der Waals surface area contributed by atoms with E-state index >= 15 is 0 Å². The monoisotopic (exact) mass is 441 g/mol. The van der Waals surface area contributed by atoms with E-state index in [1.54, 1.807) is 16.1 Å². The van der Waals surface area contributed by atoms with Crippen molar-refractivity contribution in [2.75, 3.05) is 45.9 Å². The molecule has 2 amide bonds. The maximum atomic E-state index is 13.4. The fourth-order valence-corrected chi connectivity index (χ4v) is 3.70. The number of hydrogen-bond donors (Lipinski definition) is 0. The van der Waals surface area contributed by atoms with E-state index in [-0.39, 0.29) is 18.4 Å². The fourth-order valence-electron chi connectivity index (χ4n) is 3.70. The number of amides is 2. The summed E-state index contributed by atoms with van der Waals surface area (Å²) in [6.07, 6.45) is 1.61. The highest BCUT2D eigenvalue weighted by Crippen LogP contribution is 2.19. The second-order valence-corrected chi connectivity index (χ2v) is 9.25. The molecule has 32 heavy (non-hydrogen) atoms. The van der Waals surface area contributed by atoms with Crippen molar-refractivity contribution in [1.82, 2.24) is 14.7 Å². The lowest BCUT2D eigenvalue weighted by molar-refractivity contribution is -0.146. The van der Waals surface area contributed by atoms with Gasteiger partial charge in [0.25, 0.3) is 0 Å². The first-order valence-corrected chi connectivity index (χ1v) is 11.3. The molecule has 0 unspecified atom stereocenters. The van der Waals surface area contributed by atoms with Crippen LogP contribution in [0.3, 0.4) is 0 Å². The van der Waals surface area contributed by atoms with Crippen LogP contribution >= 0.6 is 0 Å². The minimum absolute atomic E-state index is 0.0169. The molecule has 1 aromatic carbocycles. The van der Waals surface area contributed by atoms with Gasteiger partial charge in [-0.25, -0.2) is 0 Å². The van der Waals surface area contributed by atoms with Gasteiger partial charge in [0, 0.05) is 38.1 Å². The Labute approximate surface area is 190 Å². The van der Waals surface area contributed by atoms with Gasteiger partial charge in [-0.2, -0.15) is 0 Å². The third-order valence-corrected chi connectivity index (χ3v) is 5.54. The van der Waals surface area contributed by atoms with E-state index in [0.29, 0.717) is 32.8 Å². The first-order chi connectivity index (χ1) is 15.3. The highest BCUT2D eigenvalue weighted by Gasteiger charge is 2.30. The quantitative estimate of drug-likeness (QED) is 0.599. The van der Waals surface area contributed by atoms with E-state index in [9.17, 15) is 9.59 Å². The van der Waals surface area contributed by atoms with Crippen molar-refractivity contribution >= 4 is 11.8 Å². The van der Waals surface area contributed by atoms with Gasteiger partial charge in [0.2, 0.25) is 11.8 Å². The Bertz CT molecular complexity index is 840. The van der Waals surface area contributed by atoms with Crippen molar-refractivity contribution in [3.8, 4) is 0 Å². The van der Waals surface area contributed by atoms with Gasteiger partial charge in [-0.3, -0.25) is 14.5 Å². The summed E-state index contributed by atoms with van der Waals surface area (Å²) in [5.41, 5.74) is 0.478. The Kier molecular flexibility index (Phi) is 8.47. The molecule has 0 saturated carbocycles. The second kappa shape index (κ2) is 11.3. The summed E-state index contributed by atoms with van der Waals surface area (Å²) in [7, 11) is 0. The lowest BCUT2D eigenvalue weighted by Gasteiger charge is -2.34. The van der Waals surface area contributed by atoms with E-state index in [1.807, 2.05) is 63.2 Å². The molecule has 7 nitrogen and oxygen atoms in total. The van der Waals surface area contributed by atoms with Crippen LogP contribution in [0.1, 0.15) is 32.1 Å². The Balaban J connectivity index is 1.72. The minimum atomic E-state index is -0.559. The Morgan fingerprint density at radius 2 is 1.69 bits per heavy atom.